The fourth-order valence-corrected chi connectivity index (χ4v) is 1.13. The molecule has 0 aromatic heterocycles. The number of hydrogen-bond donors (Lipinski definition) is 0. The Labute approximate surface area is 77.6 Å². The van der Waals surface area contributed by atoms with Gasteiger partial charge in [-0.2, -0.15) is 35.1 Å². The van der Waals surface area contributed by atoms with Crippen LogP contribution in [0.3, 0.4) is 0 Å². The third kappa shape index (κ3) is 4.87. The predicted molar refractivity (Wildman–Crippen MR) is 34.4 cm³/mol. The third-order valence-electron chi connectivity index (χ3n) is 0.964. The predicted octanol–water partition coefficient (Wildman–Crippen LogP) is 3.48. The minimum Gasteiger partial charge on any atom is -0.195 e. The first-order valence-corrected chi connectivity index (χ1v) is 4.20. The van der Waals surface area contributed by atoms with Crippen molar-refractivity contribution < 1.29 is 35.1 Å². The van der Waals surface area contributed by atoms with Gasteiger partial charge in [-0.05, 0) is 0 Å². The molecule has 0 aromatic carbocycles. The van der Waals surface area contributed by atoms with E-state index in [2.05, 4.69) is 0 Å². The van der Waals surface area contributed by atoms with Crippen molar-refractivity contribution in [3.05, 3.63) is 0 Å². The molecule has 0 bridgehead atoms. The van der Waals surface area contributed by atoms with Crippen LogP contribution in [0.5, 0.6) is 0 Å². The lowest BCUT2D eigenvalue weighted by molar-refractivity contribution is -0.271. The maximum Gasteiger partial charge on any atom is 0.454 e. The Morgan fingerprint density at radius 2 is 1.14 bits per heavy atom. The molecule has 0 atom stereocenters. The minimum atomic E-state index is -5.80. The van der Waals surface area contributed by atoms with Crippen molar-refractivity contribution in [2.45, 2.75) is 18.3 Å². The SMILES string of the molecule is FC(F)(F)CSCC(F)(F)C(F)(F)F. The third-order valence-corrected chi connectivity index (χ3v) is 2.06. The Morgan fingerprint density at radius 1 is 0.714 bits per heavy atom. The Hall–Kier alpha value is -0.210. The zero-order valence-electron chi connectivity index (χ0n) is 6.35. The maximum atomic E-state index is 12.0. The second kappa shape index (κ2) is 4.11. The van der Waals surface area contributed by atoms with Crippen LogP contribution in [0.4, 0.5) is 35.1 Å². The van der Waals surface area contributed by atoms with Crippen LogP contribution in [0, 0.1) is 0 Å². The molecule has 86 valence electrons. The van der Waals surface area contributed by atoms with E-state index >= 15 is 0 Å². The first-order valence-electron chi connectivity index (χ1n) is 3.05. The van der Waals surface area contributed by atoms with Crippen molar-refractivity contribution in [2.24, 2.45) is 0 Å². The molecule has 0 radical (unpaired) electrons. The van der Waals surface area contributed by atoms with Crippen molar-refractivity contribution in [3.63, 3.8) is 0 Å². The van der Waals surface area contributed by atoms with E-state index in [1.807, 2.05) is 0 Å². The number of alkyl halides is 8. The molecular formula is C5H4F8S. The Morgan fingerprint density at radius 3 is 1.43 bits per heavy atom. The lowest BCUT2D eigenvalue weighted by Gasteiger charge is -2.19. The van der Waals surface area contributed by atoms with Crippen LogP contribution in [-0.2, 0) is 0 Å². The van der Waals surface area contributed by atoms with Gasteiger partial charge in [-0.1, -0.05) is 0 Å². The minimum absolute atomic E-state index is 0.501. The van der Waals surface area contributed by atoms with Crippen molar-refractivity contribution in [2.75, 3.05) is 11.5 Å². The van der Waals surface area contributed by atoms with Gasteiger partial charge < -0.3 is 0 Å². The summed E-state index contributed by atoms with van der Waals surface area (Å²) in [6.07, 6.45) is -10.5. The van der Waals surface area contributed by atoms with Crippen LogP contribution in [0.1, 0.15) is 0 Å². The van der Waals surface area contributed by atoms with E-state index in [4.69, 9.17) is 0 Å². The highest BCUT2D eigenvalue weighted by molar-refractivity contribution is 7.99. The van der Waals surface area contributed by atoms with Crippen LogP contribution >= 0.6 is 11.8 Å². The topological polar surface area (TPSA) is 0 Å². The van der Waals surface area contributed by atoms with E-state index in [-0.39, 0.29) is 0 Å². The molecular weight excluding hydrogens is 244 g/mol. The van der Waals surface area contributed by atoms with Gasteiger partial charge in [-0.3, -0.25) is 0 Å². The van der Waals surface area contributed by atoms with Gasteiger partial charge in [0.1, 0.15) is 0 Å². The van der Waals surface area contributed by atoms with Gasteiger partial charge in [0, 0.05) is 0 Å². The molecule has 0 rings (SSSR count). The molecule has 0 unspecified atom stereocenters. The molecule has 0 aliphatic carbocycles. The fourth-order valence-electron chi connectivity index (χ4n) is 0.377. The van der Waals surface area contributed by atoms with Gasteiger partial charge in [0.2, 0.25) is 0 Å². The van der Waals surface area contributed by atoms with Crippen LogP contribution in [0.25, 0.3) is 0 Å². The molecule has 0 heterocycles. The van der Waals surface area contributed by atoms with E-state index < -0.39 is 41.5 Å². The van der Waals surface area contributed by atoms with E-state index in [9.17, 15) is 35.1 Å². The average Bonchev–Trinajstić information content (AvgIpc) is 1.80. The number of halogens is 8. The first kappa shape index (κ1) is 13.8. The molecule has 0 aliphatic heterocycles. The van der Waals surface area contributed by atoms with Gasteiger partial charge in [0.05, 0.1) is 11.5 Å². The van der Waals surface area contributed by atoms with Gasteiger partial charge in [-0.15, -0.1) is 11.8 Å². The summed E-state index contributed by atoms with van der Waals surface area (Å²) in [7, 11) is 0. The van der Waals surface area contributed by atoms with Crippen LogP contribution in [-0.4, -0.2) is 29.8 Å². The average molecular weight is 248 g/mol. The molecule has 0 fully saturated rings. The lowest BCUT2D eigenvalue weighted by Crippen LogP contribution is -2.39. The molecule has 9 heteroatoms. The summed E-state index contributed by atoms with van der Waals surface area (Å²) in [4.78, 5) is 0. The Kier molecular flexibility index (Phi) is 4.05. The number of hydrogen-bond acceptors (Lipinski definition) is 1. The molecule has 14 heavy (non-hydrogen) atoms. The van der Waals surface area contributed by atoms with Crippen molar-refractivity contribution >= 4 is 11.8 Å². The van der Waals surface area contributed by atoms with Crippen molar-refractivity contribution in [3.8, 4) is 0 Å². The molecule has 0 N–H and O–H groups in total. The second-order valence-corrected chi connectivity index (χ2v) is 3.30. The number of thioether (sulfide) groups is 1. The highest BCUT2D eigenvalue weighted by atomic mass is 32.2. The van der Waals surface area contributed by atoms with Crippen molar-refractivity contribution in [1.82, 2.24) is 0 Å². The summed E-state index contributed by atoms with van der Waals surface area (Å²) in [5.41, 5.74) is 0. The molecule has 0 amide bonds. The fraction of sp³-hybridized carbons (Fsp3) is 1.00. The Bertz CT molecular complexity index is 179. The van der Waals surface area contributed by atoms with E-state index in [1.165, 1.54) is 0 Å². The van der Waals surface area contributed by atoms with Gasteiger partial charge in [-0.25, -0.2) is 0 Å². The summed E-state index contributed by atoms with van der Waals surface area (Å²) in [6.45, 7) is 0. The molecule has 0 aromatic rings. The quantitative estimate of drug-likeness (QED) is 0.689. The van der Waals surface area contributed by atoms with Crippen molar-refractivity contribution in [1.29, 1.82) is 0 Å². The summed E-state index contributed by atoms with van der Waals surface area (Å²) in [5.74, 6) is -8.72. The molecule has 0 nitrogen and oxygen atoms in total. The molecule has 0 aliphatic rings. The molecule has 0 saturated carbocycles. The van der Waals surface area contributed by atoms with E-state index in [1.54, 1.807) is 0 Å². The van der Waals surface area contributed by atoms with Gasteiger partial charge >= 0.3 is 18.3 Å². The van der Waals surface area contributed by atoms with Gasteiger partial charge in [0.25, 0.3) is 0 Å². The zero-order valence-corrected chi connectivity index (χ0v) is 7.16. The monoisotopic (exact) mass is 248 g/mol. The van der Waals surface area contributed by atoms with Crippen LogP contribution < -0.4 is 0 Å². The summed E-state index contributed by atoms with van der Waals surface area (Å²) in [5, 5.41) is 0. The molecule has 0 spiro atoms. The van der Waals surface area contributed by atoms with Crippen LogP contribution in [0.15, 0.2) is 0 Å². The normalized spacial score (nSPS) is 14.6. The zero-order chi connectivity index (χ0) is 11.6. The van der Waals surface area contributed by atoms with E-state index in [0.717, 1.165) is 0 Å². The second-order valence-electron chi connectivity index (χ2n) is 2.31. The van der Waals surface area contributed by atoms with Gasteiger partial charge in [0.15, 0.2) is 0 Å². The summed E-state index contributed by atoms with van der Waals surface area (Å²) < 4.78 is 92.4. The smallest absolute Gasteiger partial charge is 0.195 e. The number of rotatable bonds is 3. The Balaban J connectivity index is 4.02. The first-order chi connectivity index (χ1) is 5.96. The summed E-state index contributed by atoms with van der Waals surface area (Å²) in [6, 6.07) is 0. The maximum absolute atomic E-state index is 12.0. The largest absolute Gasteiger partial charge is 0.454 e. The standard InChI is InChI=1S/C5H4F8S/c6-3(7,5(11,12)13)1-14-2-4(8,9)10/h1-2H2. The highest BCUT2D eigenvalue weighted by Gasteiger charge is 2.57. The van der Waals surface area contributed by atoms with Crippen LogP contribution in [0.2, 0.25) is 0 Å². The summed E-state index contributed by atoms with van der Waals surface area (Å²) >= 11 is -0.501. The highest BCUT2D eigenvalue weighted by Crippen LogP contribution is 2.38. The molecule has 0 saturated heterocycles. The lowest BCUT2D eigenvalue weighted by atomic mass is 10.4. The van der Waals surface area contributed by atoms with E-state index in [0.29, 0.717) is 0 Å².